The predicted octanol–water partition coefficient (Wildman–Crippen LogP) is -0.172. The van der Waals surface area contributed by atoms with Gasteiger partial charge in [0.2, 0.25) is 0 Å². The zero-order valence-electron chi connectivity index (χ0n) is 5.66. The molecule has 0 aromatic heterocycles. The van der Waals surface area contributed by atoms with Gasteiger partial charge in [0.1, 0.15) is 12.3 Å². The van der Waals surface area contributed by atoms with Crippen molar-refractivity contribution in [2.45, 2.75) is 0 Å². The Labute approximate surface area is 59.7 Å². The van der Waals surface area contributed by atoms with Gasteiger partial charge >= 0.3 is 0 Å². The van der Waals surface area contributed by atoms with E-state index in [1.165, 1.54) is 6.21 Å². The van der Waals surface area contributed by atoms with Gasteiger partial charge in [0.15, 0.2) is 0 Å². The Balaban J connectivity index is 2.27. The molecule has 54 valence electrons. The molecule has 0 bridgehead atoms. The molecule has 1 heterocycles. The van der Waals surface area contributed by atoms with Crippen LogP contribution in [0.1, 0.15) is 0 Å². The lowest BCUT2D eigenvalue weighted by molar-refractivity contribution is 0.0397. The van der Waals surface area contributed by atoms with Crippen LogP contribution in [0.3, 0.4) is 0 Å². The number of nitriles is 1. The SMILES string of the molecule is N#C/C=N/N1CCOCC1. The average molecular weight is 139 g/mol. The van der Waals surface area contributed by atoms with Gasteiger partial charge < -0.3 is 4.74 Å². The Bertz CT molecular complexity index is 155. The summed E-state index contributed by atoms with van der Waals surface area (Å²) < 4.78 is 5.08. The second-order valence-corrected chi connectivity index (χ2v) is 1.94. The summed E-state index contributed by atoms with van der Waals surface area (Å²) in [6.45, 7) is 3.00. The third-order valence-corrected chi connectivity index (χ3v) is 1.27. The highest BCUT2D eigenvalue weighted by Crippen LogP contribution is 1.95. The van der Waals surface area contributed by atoms with E-state index in [9.17, 15) is 0 Å². The molecule has 0 unspecified atom stereocenters. The van der Waals surface area contributed by atoms with E-state index in [1.54, 1.807) is 0 Å². The Kier molecular flexibility index (Phi) is 2.71. The number of morpholine rings is 1. The van der Waals surface area contributed by atoms with Crippen LogP contribution in [0.15, 0.2) is 5.10 Å². The molecule has 0 spiro atoms. The lowest BCUT2D eigenvalue weighted by Crippen LogP contribution is -2.32. The lowest BCUT2D eigenvalue weighted by atomic mass is 10.5. The van der Waals surface area contributed by atoms with Gasteiger partial charge in [-0.25, -0.2) is 0 Å². The van der Waals surface area contributed by atoms with E-state index in [2.05, 4.69) is 5.10 Å². The van der Waals surface area contributed by atoms with E-state index < -0.39 is 0 Å². The molecule has 0 amide bonds. The zero-order valence-corrected chi connectivity index (χ0v) is 5.66. The molecule has 1 rings (SSSR count). The molecule has 1 saturated heterocycles. The summed E-state index contributed by atoms with van der Waals surface area (Å²) in [5, 5.41) is 13.8. The maximum atomic E-state index is 8.14. The minimum atomic E-state index is 0.711. The van der Waals surface area contributed by atoms with Crippen LogP contribution in [-0.2, 0) is 4.74 Å². The summed E-state index contributed by atoms with van der Waals surface area (Å²) >= 11 is 0. The van der Waals surface area contributed by atoms with Gasteiger partial charge in [0.05, 0.1) is 26.3 Å². The maximum absolute atomic E-state index is 8.14. The second kappa shape index (κ2) is 3.85. The predicted molar refractivity (Wildman–Crippen MR) is 36.5 cm³/mol. The van der Waals surface area contributed by atoms with Crippen LogP contribution in [0.5, 0.6) is 0 Å². The van der Waals surface area contributed by atoms with Gasteiger partial charge in [0, 0.05) is 0 Å². The fraction of sp³-hybridized carbons (Fsp3) is 0.667. The molecule has 0 radical (unpaired) electrons. The van der Waals surface area contributed by atoms with E-state index in [0.717, 1.165) is 13.1 Å². The van der Waals surface area contributed by atoms with Crippen LogP contribution < -0.4 is 0 Å². The summed E-state index contributed by atoms with van der Waals surface area (Å²) in [5.74, 6) is 0. The molecular weight excluding hydrogens is 130 g/mol. The maximum Gasteiger partial charge on any atom is 0.124 e. The Hall–Kier alpha value is -1.08. The number of hydrogen-bond acceptors (Lipinski definition) is 4. The van der Waals surface area contributed by atoms with Crippen molar-refractivity contribution in [3.8, 4) is 6.07 Å². The first-order valence-electron chi connectivity index (χ1n) is 3.18. The molecule has 0 aliphatic carbocycles. The normalized spacial score (nSPS) is 19.3. The van der Waals surface area contributed by atoms with Crippen LogP contribution in [0, 0.1) is 11.3 Å². The standard InChI is InChI=1S/C6H9N3O/c7-1-2-8-9-3-5-10-6-4-9/h2H,3-6H2/b8-2+. The molecule has 0 N–H and O–H groups in total. The van der Waals surface area contributed by atoms with Crippen molar-refractivity contribution in [2.75, 3.05) is 26.3 Å². The van der Waals surface area contributed by atoms with Crippen LogP contribution in [0.2, 0.25) is 0 Å². The number of rotatable bonds is 1. The van der Waals surface area contributed by atoms with Crippen molar-refractivity contribution in [1.29, 1.82) is 5.26 Å². The molecule has 1 aliphatic heterocycles. The van der Waals surface area contributed by atoms with Gasteiger partial charge in [-0.3, -0.25) is 5.01 Å². The van der Waals surface area contributed by atoms with Crippen LogP contribution >= 0.6 is 0 Å². The Morgan fingerprint density at radius 1 is 1.50 bits per heavy atom. The highest BCUT2D eigenvalue weighted by atomic mass is 16.5. The largest absolute Gasteiger partial charge is 0.378 e. The fourth-order valence-electron chi connectivity index (χ4n) is 0.777. The average Bonchev–Trinajstić information content (AvgIpc) is 2.03. The molecule has 0 aromatic carbocycles. The first-order valence-corrected chi connectivity index (χ1v) is 3.18. The molecule has 0 atom stereocenters. The molecule has 0 saturated carbocycles. The number of hydrogen-bond donors (Lipinski definition) is 0. The first-order chi connectivity index (χ1) is 4.93. The molecular formula is C6H9N3O. The van der Waals surface area contributed by atoms with Crippen molar-refractivity contribution in [2.24, 2.45) is 5.10 Å². The highest BCUT2D eigenvalue weighted by Gasteiger charge is 2.05. The minimum Gasteiger partial charge on any atom is -0.378 e. The molecule has 1 aliphatic rings. The second-order valence-electron chi connectivity index (χ2n) is 1.94. The monoisotopic (exact) mass is 139 g/mol. The summed E-state index contributed by atoms with van der Waals surface area (Å²) in [6, 6.07) is 1.84. The molecule has 0 aromatic rings. The quantitative estimate of drug-likeness (QED) is 0.474. The molecule has 4 heteroatoms. The van der Waals surface area contributed by atoms with E-state index in [0.29, 0.717) is 13.2 Å². The van der Waals surface area contributed by atoms with Gasteiger partial charge in [-0.15, -0.1) is 0 Å². The Morgan fingerprint density at radius 3 is 2.80 bits per heavy atom. The van der Waals surface area contributed by atoms with Gasteiger partial charge in [-0.05, 0) is 0 Å². The summed E-state index contributed by atoms with van der Waals surface area (Å²) in [5.41, 5.74) is 0. The van der Waals surface area contributed by atoms with Crippen molar-refractivity contribution in [3.05, 3.63) is 0 Å². The van der Waals surface area contributed by atoms with Gasteiger partial charge in [-0.1, -0.05) is 0 Å². The number of nitrogens with zero attached hydrogens (tertiary/aromatic N) is 3. The molecule has 4 nitrogen and oxygen atoms in total. The van der Waals surface area contributed by atoms with Crippen molar-refractivity contribution >= 4 is 6.21 Å². The smallest absolute Gasteiger partial charge is 0.124 e. The van der Waals surface area contributed by atoms with Crippen LogP contribution in [-0.4, -0.2) is 37.5 Å². The van der Waals surface area contributed by atoms with Crippen molar-refractivity contribution < 1.29 is 4.74 Å². The van der Waals surface area contributed by atoms with Crippen molar-refractivity contribution in [1.82, 2.24) is 5.01 Å². The van der Waals surface area contributed by atoms with E-state index in [-0.39, 0.29) is 0 Å². The topological polar surface area (TPSA) is 48.6 Å². The van der Waals surface area contributed by atoms with E-state index in [4.69, 9.17) is 10.00 Å². The molecule has 1 fully saturated rings. The zero-order chi connectivity index (χ0) is 7.23. The summed E-state index contributed by atoms with van der Waals surface area (Å²) in [6.07, 6.45) is 1.24. The van der Waals surface area contributed by atoms with E-state index in [1.807, 2.05) is 11.1 Å². The van der Waals surface area contributed by atoms with Crippen LogP contribution in [0.25, 0.3) is 0 Å². The lowest BCUT2D eigenvalue weighted by Gasteiger charge is -2.22. The molecule has 10 heavy (non-hydrogen) atoms. The third-order valence-electron chi connectivity index (χ3n) is 1.27. The first kappa shape index (κ1) is 7.03. The third kappa shape index (κ3) is 2.03. The minimum absolute atomic E-state index is 0.711. The summed E-state index contributed by atoms with van der Waals surface area (Å²) in [4.78, 5) is 0. The van der Waals surface area contributed by atoms with Gasteiger partial charge in [0.25, 0.3) is 0 Å². The van der Waals surface area contributed by atoms with E-state index >= 15 is 0 Å². The highest BCUT2D eigenvalue weighted by molar-refractivity contribution is 5.74. The fourth-order valence-corrected chi connectivity index (χ4v) is 0.777. The Morgan fingerprint density at radius 2 is 2.20 bits per heavy atom. The van der Waals surface area contributed by atoms with Crippen LogP contribution in [0.4, 0.5) is 0 Å². The van der Waals surface area contributed by atoms with Crippen molar-refractivity contribution in [3.63, 3.8) is 0 Å². The van der Waals surface area contributed by atoms with Gasteiger partial charge in [-0.2, -0.15) is 10.4 Å². The summed E-state index contributed by atoms with van der Waals surface area (Å²) in [7, 11) is 0. The number of ether oxygens (including phenoxy) is 1. The number of hydrazone groups is 1.